The van der Waals surface area contributed by atoms with Crippen LogP contribution >= 0.6 is 0 Å². The van der Waals surface area contributed by atoms with Gasteiger partial charge in [0.15, 0.2) is 9.84 Å². The number of anilines is 3. The Bertz CT molecular complexity index is 1180. The Morgan fingerprint density at radius 2 is 1.74 bits per heavy atom. The number of amides is 1. The van der Waals surface area contributed by atoms with Crippen molar-refractivity contribution in [2.75, 3.05) is 61.5 Å². The molecule has 1 aromatic heterocycles. The Hall–Kier alpha value is -2.92. The normalized spacial score (nSPS) is 18.7. The summed E-state index contributed by atoms with van der Waals surface area (Å²) in [5.74, 6) is 2.51. The van der Waals surface area contributed by atoms with Crippen LogP contribution in [-0.4, -0.2) is 91.2 Å². The number of likely N-dealkylation sites (tertiary alicyclic amines) is 1. The second-order valence-electron chi connectivity index (χ2n) is 11.3. The van der Waals surface area contributed by atoms with Crippen molar-refractivity contribution in [2.24, 2.45) is 5.92 Å². The Morgan fingerprint density at radius 1 is 1.08 bits per heavy atom. The fourth-order valence-corrected chi connectivity index (χ4v) is 6.01. The lowest BCUT2D eigenvalue weighted by molar-refractivity contribution is 0.0186. The highest BCUT2D eigenvalue weighted by molar-refractivity contribution is 7.91. The molecule has 38 heavy (non-hydrogen) atoms. The Balaban J connectivity index is 1.26. The summed E-state index contributed by atoms with van der Waals surface area (Å²) in [7, 11) is -0.830. The Kier molecular flexibility index (Phi) is 8.77. The van der Waals surface area contributed by atoms with Crippen molar-refractivity contribution in [3.8, 4) is 0 Å². The van der Waals surface area contributed by atoms with Gasteiger partial charge in [-0.25, -0.2) is 23.2 Å². The van der Waals surface area contributed by atoms with Crippen LogP contribution in [0.25, 0.3) is 0 Å². The molecule has 2 fully saturated rings. The first-order chi connectivity index (χ1) is 18.0. The van der Waals surface area contributed by atoms with E-state index in [9.17, 15) is 13.2 Å². The number of hydrogen-bond acceptors (Lipinski definition) is 9. The molecule has 0 radical (unpaired) electrons. The van der Waals surface area contributed by atoms with Crippen molar-refractivity contribution < 1.29 is 17.9 Å². The van der Waals surface area contributed by atoms with E-state index in [0.29, 0.717) is 32.1 Å². The van der Waals surface area contributed by atoms with Gasteiger partial charge in [-0.3, -0.25) is 4.90 Å². The van der Waals surface area contributed by atoms with Gasteiger partial charge in [0, 0.05) is 58.1 Å². The number of hydrogen-bond donors (Lipinski definition) is 1. The monoisotopic (exact) mass is 544 g/mol. The van der Waals surface area contributed by atoms with Crippen molar-refractivity contribution >= 4 is 33.3 Å². The van der Waals surface area contributed by atoms with Gasteiger partial charge in [0.2, 0.25) is 0 Å². The van der Waals surface area contributed by atoms with Crippen LogP contribution in [0.2, 0.25) is 0 Å². The largest absolute Gasteiger partial charge is 0.444 e. The topological polar surface area (TPSA) is 108 Å². The van der Waals surface area contributed by atoms with Crippen LogP contribution < -0.4 is 10.2 Å². The SMILES string of the molecule is CN(CC1CCN(C(=O)OC(C)(C)C)CC1)c1cc(Nc2ccc(CN3CCS(=O)(=O)CC3)cc2)ncn1. The zero-order valence-electron chi connectivity index (χ0n) is 22.9. The molecule has 0 bridgehead atoms. The number of sulfone groups is 1. The zero-order chi connectivity index (χ0) is 27.3. The van der Waals surface area contributed by atoms with Gasteiger partial charge in [-0.1, -0.05) is 12.1 Å². The lowest BCUT2D eigenvalue weighted by atomic mass is 9.96. The minimum atomic E-state index is -2.86. The van der Waals surface area contributed by atoms with E-state index in [4.69, 9.17) is 4.74 Å². The summed E-state index contributed by atoms with van der Waals surface area (Å²) in [5, 5.41) is 3.35. The summed E-state index contributed by atoms with van der Waals surface area (Å²) in [5.41, 5.74) is 1.60. The van der Waals surface area contributed by atoms with Gasteiger partial charge >= 0.3 is 6.09 Å². The maximum Gasteiger partial charge on any atom is 0.410 e. The van der Waals surface area contributed by atoms with Crippen LogP contribution in [0, 0.1) is 5.92 Å². The first kappa shape index (κ1) is 28.1. The number of benzene rings is 1. The number of nitrogens with one attached hydrogen (secondary N) is 1. The van der Waals surface area contributed by atoms with E-state index < -0.39 is 15.4 Å². The van der Waals surface area contributed by atoms with Crippen LogP contribution in [0.1, 0.15) is 39.2 Å². The van der Waals surface area contributed by atoms with Gasteiger partial charge in [0.05, 0.1) is 11.5 Å². The first-order valence-electron chi connectivity index (χ1n) is 13.3. The van der Waals surface area contributed by atoms with E-state index in [1.54, 1.807) is 11.2 Å². The smallest absolute Gasteiger partial charge is 0.410 e. The molecule has 0 spiro atoms. The number of nitrogens with zero attached hydrogens (tertiary/aromatic N) is 5. The van der Waals surface area contributed by atoms with Crippen molar-refractivity contribution in [3.05, 3.63) is 42.2 Å². The molecule has 2 aromatic rings. The quantitative estimate of drug-likeness (QED) is 0.560. The van der Waals surface area contributed by atoms with Gasteiger partial charge in [0.25, 0.3) is 0 Å². The van der Waals surface area contributed by atoms with Crippen LogP contribution in [0.3, 0.4) is 0 Å². The van der Waals surface area contributed by atoms with Gasteiger partial charge in [-0.15, -0.1) is 0 Å². The Labute approximate surface area is 226 Å². The molecule has 4 rings (SSSR count). The summed E-state index contributed by atoms with van der Waals surface area (Å²) in [6.45, 7) is 9.85. The average Bonchev–Trinajstić information content (AvgIpc) is 2.86. The van der Waals surface area contributed by atoms with E-state index in [-0.39, 0.29) is 17.6 Å². The molecule has 0 aliphatic carbocycles. The minimum absolute atomic E-state index is 0.231. The molecule has 1 amide bonds. The molecule has 2 aliphatic heterocycles. The van der Waals surface area contributed by atoms with Crippen molar-refractivity contribution in [2.45, 2.75) is 45.8 Å². The standard InChI is InChI=1S/C27H40N6O4S/c1-27(2,3)37-26(34)33-11-9-22(10-12-33)18-31(4)25-17-24(28-20-29-25)30-23-7-5-21(6-8-23)19-32-13-15-38(35,36)16-14-32/h5-8,17,20,22H,9-16,18-19H2,1-4H3,(H,28,29,30). The lowest BCUT2D eigenvalue weighted by Crippen LogP contribution is -2.43. The summed E-state index contributed by atoms with van der Waals surface area (Å²) >= 11 is 0. The first-order valence-corrected chi connectivity index (χ1v) is 15.1. The number of carbonyl (C=O) groups excluding carboxylic acids is 1. The molecule has 2 aliphatic rings. The van der Waals surface area contributed by atoms with Gasteiger partial charge in [-0.05, 0) is 57.2 Å². The van der Waals surface area contributed by atoms with Gasteiger partial charge in [-0.2, -0.15) is 0 Å². The summed E-state index contributed by atoms with van der Waals surface area (Å²) in [6, 6.07) is 10.1. The predicted octanol–water partition coefficient (Wildman–Crippen LogP) is 3.53. The number of carbonyl (C=O) groups is 1. The number of piperidine rings is 1. The lowest BCUT2D eigenvalue weighted by Gasteiger charge is -2.35. The van der Waals surface area contributed by atoms with E-state index in [1.807, 2.05) is 46.0 Å². The van der Waals surface area contributed by atoms with Crippen LogP contribution in [0.4, 0.5) is 22.1 Å². The zero-order valence-corrected chi connectivity index (χ0v) is 23.7. The third-order valence-electron chi connectivity index (χ3n) is 6.91. The van der Waals surface area contributed by atoms with E-state index in [2.05, 4.69) is 37.2 Å². The Morgan fingerprint density at radius 3 is 2.37 bits per heavy atom. The van der Waals surface area contributed by atoms with Crippen LogP contribution in [0.15, 0.2) is 36.7 Å². The molecule has 10 nitrogen and oxygen atoms in total. The predicted molar refractivity (Wildman–Crippen MR) is 149 cm³/mol. The number of ether oxygens (including phenoxy) is 1. The minimum Gasteiger partial charge on any atom is -0.444 e. The molecule has 0 saturated carbocycles. The summed E-state index contributed by atoms with van der Waals surface area (Å²) in [6.07, 6.45) is 3.20. The maximum absolute atomic E-state index is 12.3. The third kappa shape index (κ3) is 8.29. The summed E-state index contributed by atoms with van der Waals surface area (Å²) < 4.78 is 28.8. The summed E-state index contributed by atoms with van der Waals surface area (Å²) in [4.78, 5) is 27.3. The third-order valence-corrected chi connectivity index (χ3v) is 8.52. The molecular formula is C27H40N6O4S. The molecule has 2 saturated heterocycles. The van der Waals surface area contributed by atoms with E-state index in [0.717, 1.165) is 48.8 Å². The molecule has 3 heterocycles. The van der Waals surface area contributed by atoms with Crippen molar-refractivity contribution in [1.82, 2.24) is 19.8 Å². The maximum atomic E-state index is 12.3. The number of rotatable bonds is 7. The average molecular weight is 545 g/mol. The fourth-order valence-electron chi connectivity index (χ4n) is 4.74. The molecular weight excluding hydrogens is 504 g/mol. The molecule has 11 heteroatoms. The van der Waals surface area contributed by atoms with Crippen molar-refractivity contribution in [1.29, 1.82) is 0 Å². The van der Waals surface area contributed by atoms with Crippen LogP contribution in [-0.2, 0) is 21.1 Å². The molecule has 0 atom stereocenters. The second-order valence-corrected chi connectivity index (χ2v) is 13.6. The molecule has 1 N–H and O–H groups in total. The van der Waals surface area contributed by atoms with Gasteiger partial charge in [0.1, 0.15) is 23.6 Å². The molecule has 208 valence electrons. The fraction of sp³-hybridized carbons (Fsp3) is 0.593. The second kappa shape index (κ2) is 11.9. The van der Waals surface area contributed by atoms with Crippen LogP contribution in [0.5, 0.6) is 0 Å². The van der Waals surface area contributed by atoms with E-state index in [1.165, 1.54) is 0 Å². The highest BCUT2D eigenvalue weighted by Crippen LogP contribution is 2.24. The highest BCUT2D eigenvalue weighted by Gasteiger charge is 2.27. The van der Waals surface area contributed by atoms with Crippen molar-refractivity contribution in [3.63, 3.8) is 0 Å². The molecule has 1 aromatic carbocycles. The van der Waals surface area contributed by atoms with E-state index >= 15 is 0 Å². The van der Waals surface area contributed by atoms with Gasteiger partial charge < -0.3 is 19.9 Å². The molecule has 0 unspecified atom stereocenters. The highest BCUT2D eigenvalue weighted by atomic mass is 32.2. The number of aromatic nitrogens is 2.